The van der Waals surface area contributed by atoms with Crippen LogP contribution in [0.15, 0.2) is 18.2 Å². The minimum Gasteiger partial charge on any atom is -0.490 e. The predicted octanol–water partition coefficient (Wildman–Crippen LogP) is 3.50. The fourth-order valence-corrected chi connectivity index (χ4v) is 2.98. The van der Waals surface area contributed by atoms with Gasteiger partial charge in [0.1, 0.15) is 17.2 Å². The molecule has 0 atom stereocenters. The highest BCUT2D eigenvalue weighted by molar-refractivity contribution is 5.97. The zero-order chi connectivity index (χ0) is 16.4. The maximum absolute atomic E-state index is 11.3. The standard InChI is InChI=1S/C17H19NO5/c1-10(19)22-16-8-12(23-11-5-3-2-4-6-11)7-14-13(16)9-15(18-14)17(20)21/h7-9,11,18H,2-6H2,1H3,(H,20,21). The molecule has 1 heterocycles. The molecule has 2 aromatic rings. The van der Waals surface area contributed by atoms with Crippen molar-refractivity contribution in [2.45, 2.75) is 45.1 Å². The number of ether oxygens (including phenoxy) is 2. The first kappa shape index (κ1) is 15.4. The maximum Gasteiger partial charge on any atom is 0.352 e. The van der Waals surface area contributed by atoms with Crippen LogP contribution >= 0.6 is 0 Å². The van der Waals surface area contributed by atoms with E-state index in [1.165, 1.54) is 19.4 Å². The molecule has 1 aliphatic rings. The number of benzene rings is 1. The number of nitrogens with one attached hydrogen (secondary N) is 1. The molecular weight excluding hydrogens is 298 g/mol. The van der Waals surface area contributed by atoms with Crippen LogP contribution in [0.5, 0.6) is 11.5 Å². The number of carbonyl (C=O) groups is 2. The Morgan fingerprint density at radius 1 is 1.17 bits per heavy atom. The van der Waals surface area contributed by atoms with E-state index in [1.807, 2.05) is 0 Å². The zero-order valence-electron chi connectivity index (χ0n) is 12.9. The second-order valence-corrected chi connectivity index (χ2v) is 5.84. The number of H-pyrrole nitrogens is 1. The summed E-state index contributed by atoms with van der Waals surface area (Å²) in [6, 6.07) is 4.86. The van der Waals surface area contributed by atoms with Gasteiger partial charge in [0.25, 0.3) is 0 Å². The number of carbonyl (C=O) groups excluding carboxylic acids is 1. The summed E-state index contributed by atoms with van der Waals surface area (Å²) < 4.78 is 11.2. The van der Waals surface area contributed by atoms with E-state index in [2.05, 4.69) is 4.98 Å². The van der Waals surface area contributed by atoms with Crippen LogP contribution in [0.4, 0.5) is 0 Å². The molecule has 2 N–H and O–H groups in total. The van der Waals surface area contributed by atoms with Gasteiger partial charge in [-0.25, -0.2) is 4.79 Å². The van der Waals surface area contributed by atoms with Crippen molar-refractivity contribution < 1.29 is 24.2 Å². The maximum atomic E-state index is 11.3. The van der Waals surface area contributed by atoms with Crippen molar-refractivity contribution in [2.24, 2.45) is 0 Å². The first-order chi connectivity index (χ1) is 11.0. The summed E-state index contributed by atoms with van der Waals surface area (Å²) in [5, 5.41) is 9.67. The van der Waals surface area contributed by atoms with Crippen molar-refractivity contribution >= 4 is 22.8 Å². The number of aromatic amines is 1. The van der Waals surface area contributed by atoms with Crippen molar-refractivity contribution in [1.29, 1.82) is 0 Å². The van der Waals surface area contributed by atoms with Crippen LogP contribution in [-0.4, -0.2) is 28.1 Å². The van der Waals surface area contributed by atoms with E-state index in [0.29, 0.717) is 22.4 Å². The summed E-state index contributed by atoms with van der Waals surface area (Å²) >= 11 is 0. The van der Waals surface area contributed by atoms with Gasteiger partial charge in [0.2, 0.25) is 0 Å². The summed E-state index contributed by atoms with van der Waals surface area (Å²) in [6.45, 7) is 1.31. The lowest BCUT2D eigenvalue weighted by Gasteiger charge is -2.23. The lowest BCUT2D eigenvalue weighted by atomic mass is 9.98. The fraction of sp³-hybridized carbons (Fsp3) is 0.412. The summed E-state index contributed by atoms with van der Waals surface area (Å²) in [7, 11) is 0. The number of carboxylic acid groups (broad SMARTS) is 1. The molecule has 0 spiro atoms. The summed E-state index contributed by atoms with van der Waals surface area (Å²) in [4.78, 5) is 25.3. The van der Waals surface area contributed by atoms with Crippen molar-refractivity contribution in [3.8, 4) is 11.5 Å². The Labute approximate surface area is 133 Å². The highest BCUT2D eigenvalue weighted by Gasteiger charge is 2.18. The molecule has 0 bridgehead atoms. The van der Waals surface area contributed by atoms with Gasteiger partial charge in [-0.3, -0.25) is 4.79 Å². The molecule has 6 heteroatoms. The lowest BCUT2D eigenvalue weighted by molar-refractivity contribution is -0.131. The summed E-state index contributed by atoms with van der Waals surface area (Å²) in [5.41, 5.74) is 0.621. The lowest BCUT2D eigenvalue weighted by Crippen LogP contribution is -2.19. The molecule has 0 amide bonds. The Kier molecular flexibility index (Phi) is 4.23. The first-order valence-electron chi connectivity index (χ1n) is 7.78. The van der Waals surface area contributed by atoms with Crippen molar-refractivity contribution in [1.82, 2.24) is 4.98 Å². The third-order valence-corrected chi connectivity index (χ3v) is 4.01. The van der Waals surface area contributed by atoms with Gasteiger partial charge >= 0.3 is 11.9 Å². The predicted molar refractivity (Wildman–Crippen MR) is 84.1 cm³/mol. The van der Waals surface area contributed by atoms with Crippen molar-refractivity contribution in [3.05, 3.63) is 23.9 Å². The van der Waals surface area contributed by atoms with Crippen LogP contribution in [0.2, 0.25) is 0 Å². The molecule has 1 fully saturated rings. The molecule has 1 saturated carbocycles. The van der Waals surface area contributed by atoms with Gasteiger partial charge in [0.05, 0.1) is 11.6 Å². The third kappa shape index (κ3) is 3.47. The third-order valence-electron chi connectivity index (χ3n) is 4.01. The number of hydrogen-bond donors (Lipinski definition) is 2. The fourth-order valence-electron chi connectivity index (χ4n) is 2.98. The van der Waals surface area contributed by atoms with Gasteiger partial charge < -0.3 is 19.6 Å². The van der Waals surface area contributed by atoms with Gasteiger partial charge in [-0.1, -0.05) is 6.42 Å². The highest BCUT2D eigenvalue weighted by Crippen LogP contribution is 2.34. The number of hydrogen-bond acceptors (Lipinski definition) is 4. The molecular formula is C17H19NO5. The van der Waals surface area contributed by atoms with Crippen LogP contribution in [-0.2, 0) is 4.79 Å². The Hall–Kier alpha value is -2.50. The molecule has 0 aliphatic heterocycles. The van der Waals surface area contributed by atoms with Gasteiger partial charge in [0.15, 0.2) is 0 Å². The van der Waals surface area contributed by atoms with E-state index in [1.54, 1.807) is 12.1 Å². The van der Waals surface area contributed by atoms with Gasteiger partial charge in [-0.15, -0.1) is 0 Å². The summed E-state index contributed by atoms with van der Waals surface area (Å²) in [5.74, 6) is -0.632. The SMILES string of the molecule is CC(=O)Oc1cc(OC2CCCCC2)cc2[nH]c(C(=O)O)cc12. The molecule has 0 unspecified atom stereocenters. The van der Waals surface area contributed by atoms with Gasteiger partial charge in [0, 0.05) is 24.4 Å². The number of aromatic nitrogens is 1. The van der Waals surface area contributed by atoms with E-state index < -0.39 is 11.9 Å². The summed E-state index contributed by atoms with van der Waals surface area (Å²) in [6.07, 6.45) is 5.69. The van der Waals surface area contributed by atoms with E-state index in [4.69, 9.17) is 14.6 Å². The first-order valence-corrected chi connectivity index (χ1v) is 7.78. The van der Waals surface area contributed by atoms with Crippen LogP contribution < -0.4 is 9.47 Å². The molecule has 0 saturated heterocycles. The minimum absolute atomic E-state index is 0.0446. The number of fused-ring (bicyclic) bond motifs is 1. The molecule has 0 radical (unpaired) electrons. The van der Waals surface area contributed by atoms with Crippen LogP contribution in [0.1, 0.15) is 49.5 Å². The minimum atomic E-state index is -1.07. The Balaban J connectivity index is 1.97. The van der Waals surface area contributed by atoms with Gasteiger partial charge in [-0.05, 0) is 31.7 Å². The van der Waals surface area contributed by atoms with Crippen LogP contribution in [0, 0.1) is 0 Å². The van der Waals surface area contributed by atoms with Gasteiger partial charge in [-0.2, -0.15) is 0 Å². The number of carboxylic acids is 1. The topological polar surface area (TPSA) is 88.6 Å². The van der Waals surface area contributed by atoms with E-state index in [-0.39, 0.29) is 11.8 Å². The number of esters is 1. The van der Waals surface area contributed by atoms with Crippen LogP contribution in [0.25, 0.3) is 10.9 Å². The van der Waals surface area contributed by atoms with E-state index in [9.17, 15) is 9.59 Å². The molecule has 3 rings (SSSR count). The molecule has 1 aliphatic carbocycles. The monoisotopic (exact) mass is 317 g/mol. The van der Waals surface area contributed by atoms with E-state index >= 15 is 0 Å². The zero-order valence-corrected chi connectivity index (χ0v) is 12.9. The Bertz CT molecular complexity index is 743. The number of rotatable bonds is 4. The van der Waals surface area contributed by atoms with E-state index in [0.717, 1.165) is 25.7 Å². The second-order valence-electron chi connectivity index (χ2n) is 5.84. The smallest absolute Gasteiger partial charge is 0.352 e. The Morgan fingerprint density at radius 3 is 2.57 bits per heavy atom. The average Bonchev–Trinajstić information content (AvgIpc) is 2.92. The largest absolute Gasteiger partial charge is 0.490 e. The van der Waals surface area contributed by atoms with Crippen LogP contribution in [0.3, 0.4) is 0 Å². The second kappa shape index (κ2) is 6.32. The molecule has 1 aromatic carbocycles. The molecule has 122 valence electrons. The molecule has 6 nitrogen and oxygen atoms in total. The molecule has 23 heavy (non-hydrogen) atoms. The number of aromatic carboxylic acids is 1. The molecule has 1 aromatic heterocycles. The average molecular weight is 317 g/mol. The normalized spacial score (nSPS) is 15.5. The van der Waals surface area contributed by atoms with Crippen molar-refractivity contribution in [3.63, 3.8) is 0 Å². The van der Waals surface area contributed by atoms with Crippen molar-refractivity contribution in [2.75, 3.05) is 0 Å². The highest BCUT2D eigenvalue weighted by atomic mass is 16.5. The Morgan fingerprint density at radius 2 is 1.91 bits per heavy atom. The quantitative estimate of drug-likeness (QED) is 0.665.